The van der Waals surface area contributed by atoms with Crippen LogP contribution in [0.5, 0.6) is 0 Å². The van der Waals surface area contributed by atoms with E-state index in [1.54, 1.807) is 6.92 Å². The zero-order valence-electron chi connectivity index (χ0n) is 10.5. The van der Waals surface area contributed by atoms with E-state index in [4.69, 9.17) is 9.47 Å². The molecule has 1 aromatic rings. The highest BCUT2D eigenvalue weighted by molar-refractivity contribution is 7.13. The highest BCUT2D eigenvalue weighted by Crippen LogP contribution is 2.18. The van der Waals surface area contributed by atoms with E-state index in [-0.39, 0.29) is 12.4 Å². The molecule has 0 spiro atoms. The molecule has 1 N–H and O–H groups in total. The Morgan fingerprint density at radius 2 is 2.61 bits per heavy atom. The highest BCUT2D eigenvalue weighted by Gasteiger charge is 2.16. The second kappa shape index (κ2) is 6.70. The van der Waals surface area contributed by atoms with Gasteiger partial charge in [-0.25, -0.2) is 4.98 Å². The lowest BCUT2D eigenvalue weighted by Gasteiger charge is -2.07. The molecule has 0 radical (unpaired) electrons. The Morgan fingerprint density at radius 3 is 3.33 bits per heavy atom. The Labute approximate surface area is 111 Å². The van der Waals surface area contributed by atoms with Crippen LogP contribution in [-0.2, 0) is 20.7 Å². The van der Waals surface area contributed by atoms with Crippen molar-refractivity contribution < 1.29 is 14.3 Å². The average Bonchev–Trinajstić information content (AvgIpc) is 2.97. The third kappa shape index (κ3) is 3.96. The fourth-order valence-electron chi connectivity index (χ4n) is 1.81. The maximum absolute atomic E-state index is 11.3. The number of esters is 1. The van der Waals surface area contributed by atoms with Gasteiger partial charge < -0.3 is 14.8 Å². The van der Waals surface area contributed by atoms with Crippen molar-refractivity contribution >= 4 is 22.4 Å². The number of hydrogen-bond donors (Lipinski definition) is 1. The van der Waals surface area contributed by atoms with Crippen LogP contribution in [0, 0.1) is 5.92 Å². The Hall–Kier alpha value is -1.14. The van der Waals surface area contributed by atoms with Crippen molar-refractivity contribution in [2.45, 2.75) is 19.8 Å². The third-order valence-corrected chi connectivity index (χ3v) is 3.60. The minimum atomic E-state index is -0.224. The fraction of sp³-hybridized carbons (Fsp3) is 0.667. The summed E-state index contributed by atoms with van der Waals surface area (Å²) in [5.41, 5.74) is 0.767. The number of carbonyl (C=O) groups excluding carboxylic acids is 1. The van der Waals surface area contributed by atoms with Crippen LogP contribution in [0.25, 0.3) is 0 Å². The lowest BCUT2D eigenvalue weighted by Crippen LogP contribution is -2.14. The van der Waals surface area contributed by atoms with Gasteiger partial charge in [-0.2, -0.15) is 0 Å². The van der Waals surface area contributed by atoms with Gasteiger partial charge in [0.15, 0.2) is 5.13 Å². The summed E-state index contributed by atoms with van der Waals surface area (Å²) >= 11 is 1.52. The van der Waals surface area contributed by atoms with Gasteiger partial charge in [0.25, 0.3) is 0 Å². The summed E-state index contributed by atoms with van der Waals surface area (Å²) < 4.78 is 10.2. The van der Waals surface area contributed by atoms with Crippen molar-refractivity contribution in [2.24, 2.45) is 5.92 Å². The zero-order chi connectivity index (χ0) is 12.8. The van der Waals surface area contributed by atoms with Crippen LogP contribution in [0.1, 0.15) is 19.0 Å². The van der Waals surface area contributed by atoms with Crippen molar-refractivity contribution in [3.05, 3.63) is 11.1 Å². The highest BCUT2D eigenvalue weighted by atomic mass is 32.1. The lowest BCUT2D eigenvalue weighted by atomic mass is 10.1. The fourth-order valence-corrected chi connectivity index (χ4v) is 2.53. The molecule has 100 valence electrons. The molecule has 18 heavy (non-hydrogen) atoms. The van der Waals surface area contributed by atoms with Crippen LogP contribution in [0.4, 0.5) is 5.13 Å². The molecule has 2 rings (SSSR count). The Bertz CT molecular complexity index is 388. The molecule has 1 aliphatic rings. The molecule has 5 nitrogen and oxygen atoms in total. The maximum atomic E-state index is 11.3. The molecule has 6 heteroatoms. The monoisotopic (exact) mass is 270 g/mol. The van der Waals surface area contributed by atoms with Crippen LogP contribution < -0.4 is 5.32 Å². The predicted octanol–water partition coefficient (Wildman–Crippen LogP) is 1.70. The van der Waals surface area contributed by atoms with E-state index in [0.717, 1.165) is 37.0 Å². The molecule has 1 atom stereocenters. The molecule has 1 fully saturated rings. The normalized spacial score (nSPS) is 18.8. The van der Waals surface area contributed by atoms with Gasteiger partial charge in [-0.15, -0.1) is 11.3 Å². The lowest BCUT2D eigenvalue weighted by molar-refractivity contribution is -0.142. The van der Waals surface area contributed by atoms with Crippen molar-refractivity contribution in [3.8, 4) is 0 Å². The predicted molar refractivity (Wildman–Crippen MR) is 69.9 cm³/mol. The van der Waals surface area contributed by atoms with Crippen LogP contribution in [-0.4, -0.2) is 37.3 Å². The van der Waals surface area contributed by atoms with E-state index in [9.17, 15) is 4.79 Å². The van der Waals surface area contributed by atoms with Crippen LogP contribution in [0.3, 0.4) is 0 Å². The second-order valence-electron chi connectivity index (χ2n) is 4.24. The molecular formula is C12H18N2O3S. The third-order valence-electron chi connectivity index (χ3n) is 2.75. The maximum Gasteiger partial charge on any atom is 0.311 e. The average molecular weight is 270 g/mol. The number of nitrogens with one attached hydrogen (secondary N) is 1. The number of anilines is 1. The molecule has 0 aliphatic carbocycles. The first-order chi connectivity index (χ1) is 8.78. The minimum absolute atomic E-state index is 0.224. The standard InChI is InChI=1S/C12H18N2O3S/c1-2-17-11(15)5-10-8-18-12(14-10)13-6-9-3-4-16-7-9/h8-9H,2-7H2,1H3,(H,13,14). The number of rotatable bonds is 6. The topological polar surface area (TPSA) is 60.5 Å². The molecule has 0 bridgehead atoms. The summed E-state index contributed by atoms with van der Waals surface area (Å²) in [5, 5.41) is 6.04. The largest absolute Gasteiger partial charge is 0.466 e. The second-order valence-corrected chi connectivity index (χ2v) is 5.09. The Morgan fingerprint density at radius 1 is 1.72 bits per heavy atom. The van der Waals surface area contributed by atoms with Crippen molar-refractivity contribution in [2.75, 3.05) is 31.7 Å². The number of nitrogens with zero attached hydrogens (tertiary/aromatic N) is 1. The number of carbonyl (C=O) groups is 1. The number of hydrogen-bond acceptors (Lipinski definition) is 6. The van der Waals surface area contributed by atoms with Gasteiger partial charge in [0.1, 0.15) is 0 Å². The smallest absolute Gasteiger partial charge is 0.311 e. The summed E-state index contributed by atoms with van der Waals surface area (Å²) in [4.78, 5) is 15.7. The summed E-state index contributed by atoms with van der Waals surface area (Å²) in [6, 6.07) is 0. The molecule has 1 unspecified atom stereocenters. The quantitative estimate of drug-likeness (QED) is 0.797. The summed E-state index contributed by atoms with van der Waals surface area (Å²) in [5.74, 6) is 0.348. The van der Waals surface area contributed by atoms with Crippen molar-refractivity contribution in [3.63, 3.8) is 0 Å². The summed E-state index contributed by atoms with van der Waals surface area (Å²) in [6.45, 7) is 4.78. The first-order valence-corrected chi connectivity index (χ1v) is 7.07. The van der Waals surface area contributed by atoms with E-state index in [1.165, 1.54) is 11.3 Å². The Kier molecular flexibility index (Phi) is 4.95. The number of ether oxygens (including phenoxy) is 2. The van der Waals surface area contributed by atoms with E-state index in [1.807, 2.05) is 5.38 Å². The zero-order valence-corrected chi connectivity index (χ0v) is 11.3. The van der Waals surface area contributed by atoms with Crippen LogP contribution in [0.15, 0.2) is 5.38 Å². The molecule has 2 heterocycles. The summed E-state index contributed by atoms with van der Waals surface area (Å²) in [6.07, 6.45) is 1.35. The molecule has 1 aliphatic heterocycles. The first-order valence-electron chi connectivity index (χ1n) is 6.19. The van der Waals surface area contributed by atoms with E-state index in [0.29, 0.717) is 12.5 Å². The molecule has 0 aromatic carbocycles. The van der Waals surface area contributed by atoms with Gasteiger partial charge in [-0.05, 0) is 13.3 Å². The van der Waals surface area contributed by atoms with Crippen LogP contribution >= 0.6 is 11.3 Å². The molecule has 0 saturated carbocycles. The number of aromatic nitrogens is 1. The Balaban J connectivity index is 1.76. The van der Waals surface area contributed by atoms with E-state index in [2.05, 4.69) is 10.3 Å². The van der Waals surface area contributed by atoms with E-state index >= 15 is 0 Å². The van der Waals surface area contributed by atoms with Gasteiger partial charge in [0.05, 0.1) is 25.3 Å². The number of thiazole rings is 1. The molecule has 1 saturated heterocycles. The SMILES string of the molecule is CCOC(=O)Cc1csc(NCC2CCOC2)n1. The van der Waals surface area contributed by atoms with Gasteiger partial charge in [-0.3, -0.25) is 4.79 Å². The van der Waals surface area contributed by atoms with Crippen LogP contribution in [0.2, 0.25) is 0 Å². The minimum Gasteiger partial charge on any atom is -0.466 e. The van der Waals surface area contributed by atoms with Gasteiger partial charge in [0.2, 0.25) is 0 Å². The van der Waals surface area contributed by atoms with Gasteiger partial charge >= 0.3 is 5.97 Å². The van der Waals surface area contributed by atoms with Crippen molar-refractivity contribution in [1.82, 2.24) is 4.98 Å². The van der Waals surface area contributed by atoms with E-state index < -0.39 is 0 Å². The first kappa shape index (κ1) is 13.3. The molecular weight excluding hydrogens is 252 g/mol. The summed E-state index contributed by atoms with van der Waals surface area (Å²) in [7, 11) is 0. The molecule has 1 aromatic heterocycles. The van der Waals surface area contributed by atoms with Gasteiger partial charge in [-0.1, -0.05) is 0 Å². The van der Waals surface area contributed by atoms with Crippen molar-refractivity contribution in [1.29, 1.82) is 0 Å². The van der Waals surface area contributed by atoms with Gasteiger partial charge in [0, 0.05) is 24.4 Å². The molecule has 0 amide bonds.